The normalized spacial score (nSPS) is 25.7. The molecule has 0 bridgehead atoms. The number of hydrogen-bond acceptors (Lipinski definition) is 3. The number of nitrogens with zero attached hydrogens (tertiary/aromatic N) is 1. The van der Waals surface area contributed by atoms with Crippen LogP contribution in [0, 0.1) is 0 Å². The molecule has 128 valence electrons. The van der Waals surface area contributed by atoms with E-state index in [0.29, 0.717) is 18.7 Å². The van der Waals surface area contributed by atoms with Gasteiger partial charge in [0.2, 0.25) is 0 Å². The number of likely N-dealkylation sites (tertiary alicyclic amines) is 1. The highest BCUT2D eigenvalue weighted by Gasteiger charge is 2.43. The molecule has 2 aliphatic rings. The van der Waals surface area contributed by atoms with Crippen molar-refractivity contribution in [2.24, 2.45) is 0 Å². The molecule has 0 saturated carbocycles. The van der Waals surface area contributed by atoms with Gasteiger partial charge in [0.25, 0.3) is 0 Å². The van der Waals surface area contributed by atoms with Gasteiger partial charge in [-0.05, 0) is 37.3 Å². The molecule has 1 spiro atoms. The lowest BCUT2D eigenvalue weighted by molar-refractivity contribution is -0.177. The molecule has 2 fully saturated rings. The van der Waals surface area contributed by atoms with Gasteiger partial charge in [0, 0.05) is 26.2 Å². The molecule has 2 saturated heterocycles. The molecular formula is C17H22F3NO2. The van der Waals surface area contributed by atoms with Crippen LogP contribution < -0.4 is 0 Å². The van der Waals surface area contributed by atoms with Crippen LogP contribution in [0.15, 0.2) is 24.3 Å². The number of halogens is 3. The van der Waals surface area contributed by atoms with Crippen LogP contribution in [-0.4, -0.2) is 41.4 Å². The monoisotopic (exact) mass is 329 g/mol. The Hall–Kier alpha value is -1.11. The fourth-order valence-corrected chi connectivity index (χ4v) is 3.58. The SMILES string of the molecule is O[C@@H]1CCCOC12CCN(Cc1cccc(C(F)(F)F)c1)CC2. The Morgan fingerprint density at radius 1 is 1.26 bits per heavy atom. The van der Waals surface area contributed by atoms with E-state index in [-0.39, 0.29) is 0 Å². The molecule has 3 rings (SSSR count). The molecule has 1 aromatic carbocycles. The molecule has 0 aliphatic carbocycles. The Labute approximate surface area is 134 Å². The van der Waals surface area contributed by atoms with Gasteiger partial charge in [0.1, 0.15) is 0 Å². The van der Waals surface area contributed by atoms with E-state index in [1.54, 1.807) is 6.07 Å². The highest BCUT2D eigenvalue weighted by molar-refractivity contribution is 5.25. The van der Waals surface area contributed by atoms with Crippen LogP contribution in [0.25, 0.3) is 0 Å². The first-order valence-electron chi connectivity index (χ1n) is 8.10. The summed E-state index contributed by atoms with van der Waals surface area (Å²) >= 11 is 0. The van der Waals surface area contributed by atoms with Crippen LogP contribution in [0.5, 0.6) is 0 Å². The van der Waals surface area contributed by atoms with Gasteiger partial charge in [-0.25, -0.2) is 0 Å². The van der Waals surface area contributed by atoms with Crippen molar-refractivity contribution in [3.8, 4) is 0 Å². The largest absolute Gasteiger partial charge is 0.416 e. The number of rotatable bonds is 2. The Bertz CT molecular complexity index is 539. The lowest BCUT2D eigenvalue weighted by Crippen LogP contribution is -2.55. The van der Waals surface area contributed by atoms with Crippen molar-refractivity contribution in [1.29, 1.82) is 0 Å². The van der Waals surface area contributed by atoms with Crippen LogP contribution in [-0.2, 0) is 17.5 Å². The zero-order chi connectivity index (χ0) is 16.5. The van der Waals surface area contributed by atoms with Crippen molar-refractivity contribution in [3.63, 3.8) is 0 Å². The first kappa shape index (κ1) is 16.7. The minimum atomic E-state index is -4.30. The van der Waals surface area contributed by atoms with Gasteiger partial charge in [-0.15, -0.1) is 0 Å². The smallest absolute Gasteiger partial charge is 0.390 e. The first-order valence-corrected chi connectivity index (χ1v) is 8.10. The molecule has 6 heteroatoms. The average Bonchev–Trinajstić information content (AvgIpc) is 2.52. The summed E-state index contributed by atoms with van der Waals surface area (Å²) in [5.41, 5.74) is -0.377. The maximum Gasteiger partial charge on any atom is 0.416 e. The summed E-state index contributed by atoms with van der Waals surface area (Å²) < 4.78 is 44.2. The van der Waals surface area contributed by atoms with Crippen LogP contribution >= 0.6 is 0 Å². The summed E-state index contributed by atoms with van der Waals surface area (Å²) in [6.07, 6.45) is -1.61. The van der Waals surface area contributed by atoms with E-state index < -0.39 is 23.4 Å². The molecule has 23 heavy (non-hydrogen) atoms. The standard InChI is InChI=1S/C17H22F3NO2/c18-17(19,20)14-4-1-3-13(11-14)12-21-8-6-16(7-9-21)15(22)5-2-10-23-16/h1,3-4,11,15,22H,2,5-10,12H2/t15-/m1/s1. The van der Waals surface area contributed by atoms with Crippen molar-refractivity contribution >= 4 is 0 Å². The molecule has 0 unspecified atom stereocenters. The van der Waals surface area contributed by atoms with E-state index in [4.69, 9.17) is 4.74 Å². The molecule has 2 aliphatic heterocycles. The fourth-order valence-electron chi connectivity index (χ4n) is 3.58. The summed E-state index contributed by atoms with van der Waals surface area (Å²) in [5, 5.41) is 10.2. The molecule has 1 aromatic rings. The maximum atomic E-state index is 12.8. The third-order valence-corrected chi connectivity index (χ3v) is 4.98. The van der Waals surface area contributed by atoms with Crippen LogP contribution in [0.3, 0.4) is 0 Å². The molecule has 0 amide bonds. The number of benzene rings is 1. The Kier molecular flexibility index (Phi) is 4.67. The molecule has 1 N–H and O–H groups in total. The zero-order valence-corrected chi connectivity index (χ0v) is 13.0. The summed E-state index contributed by atoms with van der Waals surface area (Å²) in [5.74, 6) is 0. The second-order valence-electron chi connectivity index (χ2n) is 6.55. The molecule has 2 heterocycles. The number of piperidine rings is 1. The highest BCUT2D eigenvalue weighted by Crippen LogP contribution is 2.36. The van der Waals surface area contributed by atoms with Crippen LogP contribution in [0.2, 0.25) is 0 Å². The van der Waals surface area contributed by atoms with E-state index >= 15 is 0 Å². The van der Waals surface area contributed by atoms with Crippen molar-refractivity contribution in [1.82, 2.24) is 4.90 Å². The van der Waals surface area contributed by atoms with Crippen LogP contribution in [0.1, 0.15) is 36.8 Å². The summed E-state index contributed by atoms with van der Waals surface area (Å²) in [7, 11) is 0. The quantitative estimate of drug-likeness (QED) is 0.904. The van der Waals surface area contributed by atoms with Gasteiger partial charge in [0.15, 0.2) is 0 Å². The maximum absolute atomic E-state index is 12.8. The zero-order valence-electron chi connectivity index (χ0n) is 13.0. The van der Waals surface area contributed by atoms with Gasteiger partial charge >= 0.3 is 6.18 Å². The topological polar surface area (TPSA) is 32.7 Å². The van der Waals surface area contributed by atoms with E-state index in [1.165, 1.54) is 12.1 Å². The van der Waals surface area contributed by atoms with E-state index in [2.05, 4.69) is 4.90 Å². The number of hydrogen-bond donors (Lipinski definition) is 1. The first-order chi connectivity index (χ1) is 10.9. The Morgan fingerprint density at radius 2 is 2.00 bits per heavy atom. The van der Waals surface area contributed by atoms with Gasteiger partial charge in [-0.2, -0.15) is 13.2 Å². The highest BCUT2D eigenvalue weighted by atomic mass is 19.4. The summed E-state index contributed by atoms with van der Waals surface area (Å²) in [4.78, 5) is 2.13. The number of aliphatic hydroxyl groups excluding tert-OH is 1. The van der Waals surface area contributed by atoms with Crippen molar-refractivity contribution in [2.75, 3.05) is 19.7 Å². The van der Waals surface area contributed by atoms with Crippen molar-refractivity contribution in [2.45, 2.75) is 50.1 Å². The lowest BCUT2D eigenvalue weighted by Gasteiger charge is -2.46. The van der Waals surface area contributed by atoms with E-state index in [9.17, 15) is 18.3 Å². The fraction of sp³-hybridized carbons (Fsp3) is 0.647. The average molecular weight is 329 g/mol. The predicted molar refractivity (Wildman–Crippen MR) is 79.9 cm³/mol. The molecular weight excluding hydrogens is 307 g/mol. The molecule has 0 radical (unpaired) electrons. The third kappa shape index (κ3) is 3.70. The second kappa shape index (κ2) is 6.42. The van der Waals surface area contributed by atoms with Crippen LogP contribution in [0.4, 0.5) is 13.2 Å². The molecule has 0 aromatic heterocycles. The Morgan fingerprint density at radius 3 is 2.65 bits per heavy atom. The molecule has 3 nitrogen and oxygen atoms in total. The third-order valence-electron chi connectivity index (χ3n) is 4.98. The van der Waals surface area contributed by atoms with Gasteiger partial charge in [0.05, 0.1) is 17.3 Å². The molecule has 1 atom stereocenters. The number of ether oxygens (including phenoxy) is 1. The van der Waals surface area contributed by atoms with Gasteiger partial charge in [-0.3, -0.25) is 4.90 Å². The second-order valence-corrected chi connectivity index (χ2v) is 6.55. The summed E-state index contributed by atoms with van der Waals surface area (Å²) in [6, 6.07) is 5.50. The van der Waals surface area contributed by atoms with Gasteiger partial charge in [-0.1, -0.05) is 18.2 Å². The van der Waals surface area contributed by atoms with E-state index in [0.717, 1.165) is 44.8 Å². The van der Waals surface area contributed by atoms with Crippen molar-refractivity contribution in [3.05, 3.63) is 35.4 Å². The van der Waals surface area contributed by atoms with Gasteiger partial charge < -0.3 is 9.84 Å². The van der Waals surface area contributed by atoms with E-state index in [1.807, 2.05) is 0 Å². The minimum absolute atomic E-state index is 0.424. The predicted octanol–water partition coefficient (Wildman–Crippen LogP) is 3.21. The Balaban J connectivity index is 1.61. The lowest BCUT2D eigenvalue weighted by atomic mass is 9.82. The summed E-state index contributed by atoms with van der Waals surface area (Å²) in [6.45, 7) is 2.64. The number of alkyl halides is 3. The minimum Gasteiger partial charge on any atom is -0.390 e. The van der Waals surface area contributed by atoms with Crippen molar-refractivity contribution < 1.29 is 23.0 Å². The number of aliphatic hydroxyl groups is 1.